The Hall–Kier alpha value is -0.940. The van der Waals surface area contributed by atoms with E-state index in [4.69, 9.17) is 4.74 Å². The third-order valence-corrected chi connectivity index (χ3v) is 4.36. The minimum Gasteiger partial charge on any atom is -0.376 e. The highest BCUT2D eigenvalue weighted by Crippen LogP contribution is 2.38. The fourth-order valence-electron chi connectivity index (χ4n) is 2.54. The number of halogens is 2. The molecule has 1 heterocycles. The Morgan fingerprint density at radius 2 is 2.16 bits per heavy atom. The first-order chi connectivity index (χ1) is 9.15. The summed E-state index contributed by atoms with van der Waals surface area (Å²) in [5.41, 5.74) is 0.349. The van der Waals surface area contributed by atoms with Crippen LogP contribution in [0.4, 0.5) is 4.39 Å². The van der Waals surface area contributed by atoms with Gasteiger partial charge in [-0.25, -0.2) is 4.39 Å². The van der Waals surface area contributed by atoms with Crippen molar-refractivity contribution in [3.8, 4) is 0 Å². The lowest BCUT2D eigenvalue weighted by molar-refractivity contribution is 0.0729. The van der Waals surface area contributed by atoms with Gasteiger partial charge in [-0.2, -0.15) is 0 Å². The number of amides is 1. The molecule has 1 saturated carbocycles. The lowest BCUT2D eigenvalue weighted by Gasteiger charge is -2.19. The van der Waals surface area contributed by atoms with Crippen molar-refractivity contribution in [3.63, 3.8) is 0 Å². The van der Waals surface area contributed by atoms with E-state index < -0.39 is 5.82 Å². The van der Waals surface area contributed by atoms with Gasteiger partial charge in [-0.1, -0.05) is 0 Å². The first-order valence-corrected chi connectivity index (χ1v) is 7.32. The standard InChI is InChI=1S/C14H15BrFNO2/c15-10-4-3-9(7-11(10)16)14(18)17-12-5-6-19-13(12)8-1-2-8/h3-4,7-8,12-13H,1-2,5-6H2,(H,17,18). The maximum absolute atomic E-state index is 13.4. The predicted octanol–water partition coefficient (Wildman–Crippen LogP) is 2.89. The number of hydrogen-bond donors (Lipinski definition) is 1. The second-order valence-electron chi connectivity index (χ2n) is 5.17. The molecule has 2 aliphatic rings. The molecule has 1 amide bonds. The predicted molar refractivity (Wildman–Crippen MR) is 72.4 cm³/mol. The van der Waals surface area contributed by atoms with Crippen LogP contribution in [0.2, 0.25) is 0 Å². The molecule has 3 rings (SSSR count). The third kappa shape index (κ3) is 2.82. The molecule has 19 heavy (non-hydrogen) atoms. The maximum atomic E-state index is 13.4. The zero-order valence-electron chi connectivity index (χ0n) is 10.4. The van der Waals surface area contributed by atoms with Crippen LogP contribution >= 0.6 is 15.9 Å². The Labute approximate surface area is 119 Å². The van der Waals surface area contributed by atoms with Gasteiger partial charge in [0.05, 0.1) is 16.6 Å². The number of hydrogen-bond acceptors (Lipinski definition) is 2. The van der Waals surface area contributed by atoms with Crippen molar-refractivity contribution in [2.45, 2.75) is 31.4 Å². The SMILES string of the molecule is O=C(NC1CCOC1C1CC1)c1ccc(Br)c(F)c1. The quantitative estimate of drug-likeness (QED) is 0.927. The Kier molecular flexibility index (Phi) is 3.58. The van der Waals surface area contributed by atoms with Crippen LogP contribution < -0.4 is 5.32 Å². The average Bonchev–Trinajstić information content (AvgIpc) is 3.13. The van der Waals surface area contributed by atoms with Crippen molar-refractivity contribution in [3.05, 3.63) is 34.1 Å². The van der Waals surface area contributed by atoms with E-state index in [2.05, 4.69) is 21.2 Å². The summed E-state index contributed by atoms with van der Waals surface area (Å²) >= 11 is 3.08. The van der Waals surface area contributed by atoms with Crippen LogP contribution in [0.1, 0.15) is 29.6 Å². The highest BCUT2D eigenvalue weighted by Gasteiger charge is 2.41. The second kappa shape index (κ2) is 5.21. The summed E-state index contributed by atoms with van der Waals surface area (Å²) in [7, 11) is 0. The van der Waals surface area contributed by atoms with E-state index >= 15 is 0 Å². The second-order valence-corrected chi connectivity index (χ2v) is 6.02. The lowest BCUT2D eigenvalue weighted by Crippen LogP contribution is -2.41. The average molecular weight is 328 g/mol. The minimum absolute atomic E-state index is 0.0618. The van der Waals surface area contributed by atoms with Crippen LogP contribution in [-0.4, -0.2) is 24.7 Å². The molecule has 1 saturated heterocycles. The fraction of sp³-hybridized carbons (Fsp3) is 0.500. The highest BCUT2D eigenvalue weighted by molar-refractivity contribution is 9.10. The van der Waals surface area contributed by atoms with Crippen molar-refractivity contribution in [2.75, 3.05) is 6.61 Å². The van der Waals surface area contributed by atoms with E-state index in [1.165, 1.54) is 18.9 Å². The van der Waals surface area contributed by atoms with Crippen LogP contribution in [0.3, 0.4) is 0 Å². The summed E-state index contributed by atoms with van der Waals surface area (Å²) in [6, 6.07) is 4.48. The van der Waals surface area contributed by atoms with Gasteiger partial charge in [0.25, 0.3) is 5.91 Å². The van der Waals surface area contributed by atoms with Crippen LogP contribution in [0, 0.1) is 11.7 Å². The highest BCUT2D eigenvalue weighted by atomic mass is 79.9. The molecule has 2 atom stereocenters. The van der Waals surface area contributed by atoms with E-state index in [9.17, 15) is 9.18 Å². The van der Waals surface area contributed by atoms with Crippen LogP contribution in [0.5, 0.6) is 0 Å². The van der Waals surface area contributed by atoms with Gasteiger partial charge in [0.1, 0.15) is 5.82 Å². The number of ether oxygens (including phenoxy) is 1. The van der Waals surface area contributed by atoms with Crippen molar-refractivity contribution in [1.82, 2.24) is 5.32 Å². The van der Waals surface area contributed by atoms with Crippen molar-refractivity contribution in [1.29, 1.82) is 0 Å². The molecule has 1 aliphatic heterocycles. The monoisotopic (exact) mass is 327 g/mol. The summed E-state index contributed by atoms with van der Waals surface area (Å²) < 4.78 is 19.5. The first kappa shape index (κ1) is 13.1. The van der Waals surface area contributed by atoms with Crippen LogP contribution in [0.25, 0.3) is 0 Å². The van der Waals surface area contributed by atoms with Crippen LogP contribution in [0.15, 0.2) is 22.7 Å². The molecule has 2 fully saturated rings. The largest absolute Gasteiger partial charge is 0.376 e. The van der Waals surface area contributed by atoms with Gasteiger partial charge in [-0.15, -0.1) is 0 Å². The summed E-state index contributed by atoms with van der Waals surface area (Å²) in [5.74, 6) is -0.0592. The molecule has 1 aliphatic carbocycles. The molecule has 1 N–H and O–H groups in total. The minimum atomic E-state index is -0.422. The van der Waals surface area contributed by atoms with Crippen molar-refractivity contribution >= 4 is 21.8 Å². The molecule has 1 aromatic rings. The molecule has 2 unspecified atom stereocenters. The fourth-order valence-corrected chi connectivity index (χ4v) is 2.79. The first-order valence-electron chi connectivity index (χ1n) is 6.52. The molecule has 1 aromatic carbocycles. The number of nitrogens with one attached hydrogen (secondary N) is 1. The molecular weight excluding hydrogens is 313 g/mol. The van der Waals surface area contributed by atoms with Gasteiger partial charge < -0.3 is 10.1 Å². The summed E-state index contributed by atoms with van der Waals surface area (Å²) in [4.78, 5) is 12.1. The number of benzene rings is 1. The Morgan fingerprint density at radius 1 is 1.37 bits per heavy atom. The Bertz CT molecular complexity index is 504. The van der Waals surface area contributed by atoms with E-state index in [1.54, 1.807) is 12.1 Å². The van der Waals surface area contributed by atoms with Gasteiger partial charge in [0.2, 0.25) is 0 Å². The topological polar surface area (TPSA) is 38.3 Å². The molecule has 0 spiro atoms. The summed E-state index contributed by atoms with van der Waals surface area (Å²) in [5, 5.41) is 2.97. The van der Waals surface area contributed by atoms with E-state index in [1.807, 2.05) is 0 Å². The van der Waals surface area contributed by atoms with E-state index in [0.29, 0.717) is 22.6 Å². The lowest BCUT2D eigenvalue weighted by atomic mass is 10.1. The number of carbonyl (C=O) groups excluding carboxylic acids is 1. The van der Waals surface area contributed by atoms with Gasteiger partial charge in [-0.3, -0.25) is 4.79 Å². The smallest absolute Gasteiger partial charge is 0.251 e. The molecule has 102 valence electrons. The summed E-state index contributed by atoms with van der Waals surface area (Å²) in [6.45, 7) is 0.695. The zero-order valence-corrected chi connectivity index (χ0v) is 12.0. The van der Waals surface area contributed by atoms with Crippen molar-refractivity contribution in [2.24, 2.45) is 5.92 Å². The number of carbonyl (C=O) groups is 1. The molecule has 3 nitrogen and oxygen atoms in total. The maximum Gasteiger partial charge on any atom is 0.251 e. The van der Waals surface area contributed by atoms with E-state index in [0.717, 1.165) is 6.42 Å². The normalized spacial score (nSPS) is 26.4. The molecule has 5 heteroatoms. The van der Waals surface area contributed by atoms with Crippen molar-refractivity contribution < 1.29 is 13.9 Å². The van der Waals surface area contributed by atoms with E-state index in [-0.39, 0.29) is 18.1 Å². The Balaban J connectivity index is 1.68. The molecule has 0 radical (unpaired) electrons. The third-order valence-electron chi connectivity index (χ3n) is 3.72. The molecule has 0 bridgehead atoms. The zero-order chi connectivity index (χ0) is 13.4. The molecular formula is C14H15BrFNO2. The Morgan fingerprint density at radius 3 is 2.84 bits per heavy atom. The van der Waals surface area contributed by atoms with Gasteiger partial charge >= 0.3 is 0 Å². The summed E-state index contributed by atoms with van der Waals surface area (Å²) in [6.07, 6.45) is 3.35. The number of rotatable bonds is 3. The van der Waals surface area contributed by atoms with Crippen LogP contribution in [-0.2, 0) is 4.74 Å². The molecule has 0 aromatic heterocycles. The van der Waals surface area contributed by atoms with Gasteiger partial charge in [-0.05, 0) is 59.3 Å². The van der Waals surface area contributed by atoms with Gasteiger partial charge in [0.15, 0.2) is 0 Å². The van der Waals surface area contributed by atoms with Gasteiger partial charge in [0, 0.05) is 12.2 Å².